The molecule has 0 aromatic heterocycles. The molecule has 1 N–H and O–H groups in total. The summed E-state index contributed by atoms with van der Waals surface area (Å²) in [5.41, 5.74) is 0.716. The average molecular weight is 263 g/mol. The van der Waals surface area contributed by atoms with Crippen molar-refractivity contribution in [2.75, 3.05) is 11.4 Å². The van der Waals surface area contributed by atoms with E-state index >= 15 is 0 Å². The van der Waals surface area contributed by atoms with Crippen LogP contribution in [0.4, 0.5) is 10.1 Å². The van der Waals surface area contributed by atoms with Gasteiger partial charge in [-0.15, -0.1) is 0 Å². The van der Waals surface area contributed by atoms with Crippen LogP contribution in [0.15, 0.2) is 29.8 Å². The number of hydrogen-bond donors (Lipinski definition) is 1. The summed E-state index contributed by atoms with van der Waals surface area (Å²) in [4.78, 5) is 35.1. The number of halogens is 1. The fourth-order valence-electron chi connectivity index (χ4n) is 1.94. The topological polar surface area (TPSA) is 74.7 Å². The lowest BCUT2D eigenvalue weighted by atomic mass is 10.1. The average Bonchev–Trinajstić information content (AvgIpc) is 2.53. The van der Waals surface area contributed by atoms with Crippen molar-refractivity contribution in [3.05, 3.63) is 41.2 Å². The van der Waals surface area contributed by atoms with E-state index in [9.17, 15) is 18.8 Å². The molecular formula is C13H10FNO4. The first-order valence-electron chi connectivity index (χ1n) is 5.46. The Kier molecular flexibility index (Phi) is 3.16. The maximum absolute atomic E-state index is 13.1. The van der Waals surface area contributed by atoms with E-state index in [2.05, 4.69) is 0 Å². The molecule has 1 aromatic rings. The van der Waals surface area contributed by atoms with Crippen LogP contribution in [0.1, 0.15) is 17.3 Å². The Morgan fingerprint density at radius 3 is 2.74 bits per heavy atom. The summed E-state index contributed by atoms with van der Waals surface area (Å²) >= 11 is 0. The van der Waals surface area contributed by atoms with Crippen LogP contribution in [0.5, 0.6) is 0 Å². The smallest absolute Gasteiger partial charge is 0.328 e. The molecule has 0 radical (unpaired) electrons. The van der Waals surface area contributed by atoms with Gasteiger partial charge in [0.1, 0.15) is 5.82 Å². The number of fused-ring (bicyclic) bond motifs is 1. The van der Waals surface area contributed by atoms with Crippen LogP contribution in [0, 0.1) is 5.82 Å². The molecule has 6 heteroatoms. The molecule has 1 aliphatic rings. The van der Waals surface area contributed by atoms with E-state index in [-0.39, 0.29) is 12.1 Å². The Morgan fingerprint density at radius 1 is 1.42 bits per heavy atom. The van der Waals surface area contributed by atoms with Gasteiger partial charge in [0, 0.05) is 12.6 Å². The molecule has 1 aliphatic heterocycles. The lowest BCUT2D eigenvalue weighted by Gasteiger charge is -2.16. The van der Waals surface area contributed by atoms with Crippen LogP contribution in [0.2, 0.25) is 0 Å². The van der Waals surface area contributed by atoms with Crippen molar-refractivity contribution >= 4 is 23.3 Å². The van der Waals surface area contributed by atoms with E-state index in [0.717, 1.165) is 23.1 Å². The van der Waals surface area contributed by atoms with Gasteiger partial charge in [0.2, 0.25) is 0 Å². The number of amides is 1. The van der Waals surface area contributed by atoms with Crippen LogP contribution < -0.4 is 4.90 Å². The molecule has 0 saturated heterocycles. The summed E-state index contributed by atoms with van der Waals surface area (Å²) in [5, 5.41) is 8.61. The second-order valence-corrected chi connectivity index (χ2v) is 4.21. The third-order valence-electron chi connectivity index (χ3n) is 2.71. The van der Waals surface area contributed by atoms with Crippen molar-refractivity contribution in [1.82, 2.24) is 0 Å². The van der Waals surface area contributed by atoms with Crippen LogP contribution in [0.25, 0.3) is 0 Å². The van der Waals surface area contributed by atoms with Gasteiger partial charge in [-0.05, 0) is 30.7 Å². The van der Waals surface area contributed by atoms with Gasteiger partial charge in [0.15, 0.2) is 0 Å². The maximum Gasteiger partial charge on any atom is 0.328 e. The molecule has 0 bridgehead atoms. The highest BCUT2D eigenvalue weighted by molar-refractivity contribution is 6.52. The SMILES string of the molecule is C/C(=C\C(=O)O)CN1C(=O)C(=O)c2cc(F)ccc21. The molecule has 0 saturated carbocycles. The first-order chi connectivity index (χ1) is 8.90. The molecule has 98 valence electrons. The lowest BCUT2D eigenvalue weighted by Crippen LogP contribution is -2.31. The van der Waals surface area contributed by atoms with Crippen molar-refractivity contribution in [1.29, 1.82) is 0 Å². The predicted molar refractivity (Wildman–Crippen MR) is 64.5 cm³/mol. The largest absolute Gasteiger partial charge is 0.478 e. The third kappa shape index (κ3) is 2.37. The molecule has 0 spiro atoms. The Bertz CT molecular complexity index is 621. The number of benzene rings is 1. The summed E-state index contributed by atoms with van der Waals surface area (Å²) < 4.78 is 13.1. The van der Waals surface area contributed by atoms with Crippen molar-refractivity contribution in [2.24, 2.45) is 0 Å². The molecular weight excluding hydrogens is 253 g/mol. The minimum Gasteiger partial charge on any atom is -0.478 e. The number of aliphatic carboxylic acids is 1. The number of anilines is 1. The van der Waals surface area contributed by atoms with E-state index in [1.165, 1.54) is 13.0 Å². The van der Waals surface area contributed by atoms with Gasteiger partial charge >= 0.3 is 5.97 Å². The second kappa shape index (κ2) is 4.64. The molecule has 0 aliphatic carbocycles. The van der Waals surface area contributed by atoms with Gasteiger partial charge in [0.25, 0.3) is 11.7 Å². The van der Waals surface area contributed by atoms with E-state index < -0.39 is 23.5 Å². The molecule has 1 amide bonds. The number of ketones is 1. The maximum atomic E-state index is 13.1. The molecule has 0 fully saturated rings. The number of carbonyl (C=O) groups is 3. The first kappa shape index (κ1) is 12.9. The first-order valence-corrected chi connectivity index (χ1v) is 5.46. The van der Waals surface area contributed by atoms with Gasteiger partial charge in [-0.2, -0.15) is 0 Å². The molecule has 1 aromatic carbocycles. The van der Waals surface area contributed by atoms with E-state index in [1.807, 2.05) is 0 Å². The van der Waals surface area contributed by atoms with Gasteiger partial charge in [0.05, 0.1) is 11.3 Å². The van der Waals surface area contributed by atoms with Crippen LogP contribution in [0.3, 0.4) is 0 Å². The third-order valence-corrected chi connectivity index (χ3v) is 2.71. The van der Waals surface area contributed by atoms with E-state index in [0.29, 0.717) is 11.3 Å². The summed E-state index contributed by atoms with van der Waals surface area (Å²) in [7, 11) is 0. The van der Waals surface area contributed by atoms with Gasteiger partial charge in [-0.25, -0.2) is 9.18 Å². The van der Waals surface area contributed by atoms with Crippen molar-refractivity contribution in [2.45, 2.75) is 6.92 Å². The van der Waals surface area contributed by atoms with Crippen LogP contribution in [-0.4, -0.2) is 29.3 Å². The minimum atomic E-state index is -1.13. The zero-order chi connectivity index (χ0) is 14.2. The van der Waals surface area contributed by atoms with Crippen LogP contribution >= 0.6 is 0 Å². The quantitative estimate of drug-likeness (QED) is 0.660. The highest BCUT2D eigenvalue weighted by atomic mass is 19.1. The molecule has 1 heterocycles. The Morgan fingerprint density at radius 2 is 2.11 bits per heavy atom. The summed E-state index contributed by atoms with van der Waals surface area (Å²) in [6, 6.07) is 3.49. The summed E-state index contributed by atoms with van der Waals surface area (Å²) in [6.07, 6.45) is 0.958. The number of nitrogens with zero attached hydrogens (tertiary/aromatic N) is 1. The van der Waals surface area contributed by atoms with Gasteiger partial charge < -0.3 is 10.0 Å². The number of carboxylic acid groups (broad SMARTS) is 1. The highest BCUT2D eigenvalue weighted by Gasteiger charge is 2.35. The van der Waals surface area contributed by atoms with Crippen molar-refractivity contribution in [3.63, 3.8) is 0 Å². The summed E-state index contributed by atoms with van der Waals surface area (Å²) in [5.74, 6) is -3.29. The Hall–Kier alpha value is -2.50. The minimum absolute atomic E-state index is 0.00752. The van der Waals surface area contributed by atoms with Crippen molar-refractivity contribution in [3.8, 4) is 0 Å². The molecule has 5 nitrogen and oxygen atoms in total. The van der Waals surface area contributed by atoms with Crippen molar-refractivity contribution < 1.29 is 23.9 Å². The Balaban J connectivity index is 2.37. The standard InChI is InChI=1S/C13H10FNO4/c1-7(4-11(16)17)6-15-10-3-2-8(14)5-9(10)12(18)13(15)19/h2-5H,6H2,1H3,(H,16,17)/b7-4+. The zero-order valence-corrected chi connectivity index (χ0v) is 10.0. The monoisotopic (exact) mass is 263 g/mol. The molecule has 0 unspecified atom stereocenters. The highest BCUT2D eigenvalue weighted by Crippen LogP contribution is 2.29. The summed E-state index contributed by atoms with van der Waals surface area (Å²) in [6.45, 7) is 1.52. The van der Waals surface area contributed by atoms with Crippen LogP contribution in [-0.2, 0) is 9.59 Å². The fraction of sp³-hybridized carbons (Fsp3) is 0.154. The number of hydrogen-bond acceptors (Lipinski definition) is 3. The normalized spacial score (nSPS) is 14.8. The van der Waals surface area contributed by atoms with E-state index in [1.54, 1.807) is 0 Å². The number of carboxylic acids is 1. The molecule has 2 rings (SSSR count). The Labute approximate surface area is 107 Å². The van der Waals surface area contributed by atoms with Gasteiger partial charge in [-0.3, -0.25) is 9.59 Å². The molecule has 19 heavy (non-hydrogen) atoms. The zero-order valence-electron chi connectivity index (χ0n) is 10.0. The lowest BCUT2D eigenvalue weighted by molar-refractivity contribution is -0.131. The number of rotatable bonds is 3. The second-order valence-electron chi connectivity index (χ2n) is 4.21. The fourth-order valence-corrected chi connectivity index (χ4v) is 1.94. The number of Topliss-reactive ketones (excluding diaryl/α,β-unsaturated/α-hetero) is 1. The van der Waals surface area contributed by atoms with Gasteiger partial charge in [-0.1, -0.05) is 0 Å². The molecule has 0 atom stereocenters. The number of carbonyl (C=O) groups excluding carboxylic acids is 2. The van der Waals surface area contributed by atoms with E-state index in [4.69, 9.17) is 5.11 Å². The predicted octanol–water partition coefficient (Wildman–Crippen LogP) is 1.39.